The molecule has 2 aromatic rings. The molecular formula is C28H32N2O5. The lowest BCUT2D eigenvalue weighted by molar-refractivity contribution is -0.143. The first kappa shape index (κ1) is 23.4. The van der Waals surface area contributed by atoms with Crippen LogP contribution < -0.4 is 10.6 Å². The number of carboxylic acid groups (broad SMARTS) is 1. The number of ether oxygens (including phenoxy) is 1. The van der Waals surface area contributed by atoms with Gasteiger partial charge in [-0.2, -0.15) is 0 Å². The van der Waals surface area contributed by atoms with Crippen LogP contribution in [0.15, 0.2) is 48.5 Å². The lowest BCUT2D eigenvalue weighted by atomic mass is 9.81. The number of aliphatic carboxylic acids is 1. The van der Waals surface area contributed by atoms with Crippen molar-refractivity contribution in [1.29, 1.82) is 0 Å². The van der Waals surface area contributed by atoms with Crippen molar-refractivity contribution in [1.82, 2.24) is 10.6 Å². The Bertz CT molecular complexity index is 1070. The molecule has 0 aliphatic heterocycles. The second-order valence-corrected chi connectivity index (χ2v) is 10.1. The number of carbonyl (C=O) groups excluding carboxylic acids is 2. The van der Waals surface area contributed by atoms with Gasteiger partial charge in [0.05, 0.1) is 5.92 Å². The van der Waals surface area contributed by atoms with Crippen LogP contribution in [0.3, 0.4) is 0 Å². The van der Waals surface area contributed by atoms with Crippen molar-refractivity contribution in [3.8, 4) is 11.1 Å². The Morgan fingerprint density at radius 2 is 1.60 bits per heavy atom. The first-order chi connectivity index (χ1) is 17.0. The molecule has 0 heterocycles. The summed E-state index contributed by atoms with van der Waals surface area (Å²) >= 11 is 0. The fourth-order valence-electron chi connectivity index (χ4n) is 5.65. The smallest absolute Gasteiger partial charge is 0.407 e. The summed E-state index contributed by atoms with van der Waals surface area (Å²) in [6.07, 6.45) is 4.28. The van der Waals surface area contributed by atoms with E-state index in [4.69, 9.17) is 4.74 Å². The second kappa shape index (κ2) is 10.1. The van der Waals surface area contributed by atoms with Crippen molar-refractivity contribution in [3.63, 3.8) is 0 Å². The maximum atomic E-state index is 12.9. The number of benzene rings is 2. The summed E-state index contributed by atoms with van der Waals surface area (Å²) in [7, 11) is 0. The predicted octanol–water partition coefficient (Wildman–Crippen LogP) is 4.31. The largest absolute Gasteiger partial charge is 0.481 e. The van der Waals surface area contributed by atoms with Crippen LogP contribution >= 0.6 is 0 Å². The summed E-state index contributed by atoms with van der Waals surface area (Å²) in [5.74, 6) is -1.05. The molecule has 0 bridgehead atoms. The van der Waals surface area contributed by atoms with Gasteiger partial charge in [0.1, 0.15) is 12.6 Å². The van der Waals surface area contributed by atoms with Crippen molar-refractivity contribution in [2.75, 3.05) is 13.2 Å². The zero-order chi connectivity index (χ0) is 24.4. The number of hydrogen-bond acceptors (Lipinski definition) is 4. The molecule has 0 saturated heterocycles. The van der Waals surface area contributed by atoms with E-state index in [-0.39, 0.29) is 36.2 Å². The van der Waals surface area contributed by atoms with Crippen LogP contribution in [-0.2, 0) is 14.3 Å². The molecule has 0 radical (unpaired) electrons. The van der Waals surface area contributed by atoms with Crippen molar-refractivity contribution in [3.05, 3.63) is 59.7 Å². The monoisotopic (exact) mass is 476 g/mol. The third-order valence-electron chi connectivity index (χ3n) is 7.69. The molecule has 2 saturated carbocycles. The van der Waals surface area contributed by atoms with E-state index in [9.17, 15) is 19.5 Å². The number of nitrogens with one attached hydrogen (secondary N) is 2. The van der Waals surface area contributed by atoms with Gasteiger partial charge in [0.2, 0.25) is 5.91 Å². The summed E-state index contributed by atoms with van der Waals surface area (Å²) in [4.78, 5) is 36.9. The standard InChI is InChI=1S/C28H32N2O5/c31-26(29-15-17-6-5-7-19(14-17)27(32)33)25(18-12-13-18)30-28(34)35-16-24-22-10-3-1-8-20(22)21-9-2-4-11-23(21)24/h1-4,8-11,17-19,24-25H,5-7,12-16H2,(H,29,31)(H,30,34)(H,32,33). The molecule has 2 amide bonds. The molecule has 2 aromatic carbocycles. The van der Waals surface area contributed by atoms with Gasteiger partial charge in [-0.25, -0.2) is 4.79 Å². The van der Waals surface area contributed by atoms with Gasteiger partial charge in [-0.05, 0) is 66.2 Å². The van der Waals surface area contributed by atoms with E-state index in [0.29, 0.717) is 19.4 Å². The van der Waals surface area contributed by atoms with E-state index in [0.717, 1.165) is 36.8 Å². The Morgan fingerprint density at radius 3 is 2.23 bits per heavy atom. The number of amides is 2. The minimum atomic E-state index is -0.756. The molecule has 3 N–H and O–H groups in total. The summed E-state index contributed by atoms with van der Waals surface area (Å²) in [5.41, 5.74) is 4.62. The average Bonchev–Trinajstić information content (AvgIpc) is 3.67. The van der Waals surface area contributed by atoms with Crippen molar-refractivity contribution >= 4 is 18.0 Å². The van der Waals surface area contributed by atoms with E-state index >= 15 is 0 Å². The number of hydrogen-bond donors (Lipinski definition) is 3. The highest BCUT2D eigenvalue weighted by Crippen LogP contribution is 2.44. The number of alkyl carbamates (subject to hydrolysis) is 1. The summed E-state index contributed by atoms with van der Waals surface area (Å²) < 4.78 is 5.64. The van der Waals surface area contributed by atoms with E-state index in [1.54, 1.807) is 0 Å². The van der Waals surface area contributed by atoms with Crippen LogP contribution in [0, 0.1) is 17.8 Å². The van der Waals surface area contributed by atoms with E-state index in [1.807, 2.05) is 24.3 Å². The number of fused-ring (bicyclic) bond motifs is 3. The highest BCUT2D eigenvalue weighted by Gasteiger charge is 2.38. The van der Waals surface area contributed by atoms with Gasteiger partial charge in [-0.1, -0.05) is 55.0 Å². The fraction of sp³-hybridized carbons (Fsp3) is 0.464. The van der Waals surface area contributed by atoms with Gasteiger partial charge < -0.3 is 20.5 Å². The molecule has 3 aliphatic rings. The van der Waals surface area contributed by atoms with Crippen LogP contribution in [0.4, 0.5) is 4.79 Å². The molecule has 5 rings (SSSR count). The topological polar surface area (TPSA) is 105 Å². The van der Waals surface area contributed by atoms with Crippen molar-refractivity contribution in [2.24, 2.45) is 17.8 Å². The summed E-state index contributed by atoms with van der Waals surface area (Å²) in [6.45, 7) is 0.649. The Kier molecular flexibility index (Phi) is 6.75. The fourth-order valence-corrected chi connectivity index (χ4v) is 5.65. The first-order valence-electron chi connectivity index (χ1n) is 12.6. The summed E-state index contributed by atoms with van der Waals surface area (Å²) in [5, 5.41) is 15.0. The Labute approximate surface area is 205 Å². The number of carbonyl (C=O) groups is 3. The minimum absolute atomic E-state index is 0.0326. The molecule has 35 heavy (non-hydrogen) atoms. The van der Waals surface area contributed by atoms with Gasteiger partial charge in [0.25, 0.3) is 0 Å². The normalized spacial score (nSPS) is 21.9. The second-order valence-electron chi connectivity index (χ2n) is 10.1. The minimum Gasteiger partial charge on any atom is -0.481 e. The van der Waals surface area contributed by atoms with Crippen molar-refractivity contribution < 1.29 is 24.2 Å². The molecule has 0 aromatic heterocycles. The molecule has 3 aliphatic carbocycles. The van der Waals surface area contributed by atoms with Crippen LogP contribution in [-0.4, -0.2) is 42.3 Å². The lowest BCUT2D eigenvalue weighted by Crippen LogP contribution is -2.49. The maximum absolute atomic E-state index is 12.9. The van der Waals surface area contributed by atoms with Gasteiger partial charge in [-0.15, -0.1) is 0 Å². The highest BCUT2D eigenvalue weighted by atomic mass is 16.5. The highest BCUT2D eigenvalue weighted by molar-refractivity contribution is 5.86. The molecule has 3 atom stereocenters. The molecule has 7 nitrogen and oxygen atoms in total. The molecular weight excluding hydrogens is 444 g/mol. The SMILES string of the molecule is O=C(NC(C(=O)NCC1CCCC(C(=O)O)C1)C1CC1)OCC1c2ccccc2-c2ccccc21. The van der Waals surface area contributed by atoms with Gasteiger partial charge in [0.15, 0.2) is 0 Å². The van der Waals surface area contributed by atoms with Gasteiger partial charge in [0, 0.05) is 12.5 Å². The number of rotatable bonds is 8. The maximum Gasteiger partial charge on any atom is 0.407 e. The van der Waals surface area contributed by atoms with E-state index in [1.165, 1.54) is 11.1 Å². The zero-order valence-corrected chi connectivity index (χ0v) is 19.7. The van der Waals surface area contributed by atoms with Crippen LogP contribution in [0.25, 0.3) is 11.1 Å². The van der Waals surface area contributed by atoms with Crippen LogP contribution in [0.5, 0.6) is 0 Å². The lowest BCUT2D eigenvalue weighted by Gasteiger charge is -2.27. The Morgan fingerprint density at radius 1 is 0.943 bits per heavy atom. The quantitative estimate of drug-likeness (QED) is 0.527. The van der Waals surface area contributed by atoms with E-state index in [2.05, 4.69) is 34.9 Å². The van der Waals surface area contributed by atoms with Crippen LogP contribution in [0.2, 0.25) is 0 Å². The first-order valence-corrected chi connectivity index (χ1v) is 12.6. The van der Waals surface area contributed by atoms with Crippen molar-refractivity contribution in [2.45, 2.75) is 50.5 Å². The Hall–Kier alpha value is -3.35. The predicted molar refractivity (Wildman–Crippen MR) is 131 cm³/mol. The Balaban J connectivity index is 1.16. The number of carboxylic acids is 1. The molecule has 7 heteroatoms. The third-order valence-corrected chi connectivity index (χ3v) is 7.69. The van der Waals surface area contributed by atoms with E-state index < -0.39 is 18.1 Å². The molecule has 0 spiro atoms. The van der Waals surface area contributed by atoms with Gasteiger partial charge in [-0.3, -0.25) is 9.59 Å². The molecule has 2 fully saturated rings. The van der Waals surface area contributed by atoms with Gasteiger partial charge >= 0.3 is 12.1 Å². The summed E-state index contributed by atoms with van der Waals surface area (Å²) in [6, 6.07) is 15.7. The molecule has 3 unspecified atom stereocenters. The third kappa shape index (κ3) is 5.19. The molecule has 184 valence electrons. The zero-order valence-electron chi connectivity index (χ0n) is 19.7. The van der Waals surface area contributed by atoms with Crippen LogP contribution in [0.1, 0.15) is 55.6 Å². The average molecular weight is 477 g/mol.